The molecule has 0 radical (unpaired) electrons. The lowest BCUT2D eigenvalue weighted by Gasteiger charge is -2.09. The second-order valence-corrected chi connectivity index (χ2v) is 8.48. The number of H-pyrrole nitrogens is 1. The monoisotopic (exact) mass is 421 g/mol. The molecule has 1 aliphatic rings. The summed E-state index contributed by atoms with van der Waals surface area (Å²) in [6, 6.07) is 4.92. The van der Waals surface area contributed by atoms with Gasteiger partial charge in [-0.05, 0) is 49.4 Å². The fourth-order valence-electron chi connectivity index (χ4n) is 3.36. The number of hydrogen-bond acceptors (Lipinski definition) is 4. The molecule has 0 saturated carbocycles. The number of hydrogen-bond donors (Lipinski definition) is 2. The van der Waals surface area contributed by atoms with Crippen molar-refractivity contribution in [3.8, 4) is 0 Å². The number of aryl methyl sites for hydroxylation is 3. The molecular weight excluding hydrogens is 405 g/mol. The first-order valence-electron chi connectivity index (χ1n) is 8.79. The normalized spacial score (nSPS) is 13.6. The maximum atomic E-state index is 12.5. The predicted octanol–water partition coefficient (Wildman–Crippen LogP) is 4.74. The highest BCUT2D eigenvalue weighted by atomic mass is 35.5. The number of benzene rings is 1. The Kier molecular flexibility index (Phi) is 5.21. The summed E-state index contributed by atoms with van der Waals surface area (Å²) in [5, 5.41) is 4.32. The first kappa shape index (κ1) is 18.5. The van der Waals surface area contributed by atoms with Crippen LogP contribution in [0.1, 0.15) is 35.5 Å². The molecule has 2 aromatic heterocycles. The summed E-state index contributed by atoms with van der Waals surface area (Å²) in [5.41, 5.74) is 1.65. The molecule has 1 amide bonds. The number of carbonyl (C=O) groups is 1. The van der Waals surface area contributed by atoms with E-state index in [2.05, 4.69) is 15.3 Å². The maximum Gasteiger partial charge on any atom is 0.259 e. The minimum atomic E-state index is -0.179. The van der Waals surface area contributed by atoms with E-state index in [1.54, 1.807) is 29.5 Å². The quantitative estimate of drug-likeness (QED) is 0.638. The van der Waals surface area contributed by atoms with Crippen molar-refractivity contribution in [1.82, 2.24) is 9.97 Å². The van der Waals surface area contributed by atoms with Crippen LogP contribution in [0.2, 0.25) is 10.0 Å². The zero-order chi connectivity index (χ0) is 19.0. The third-order valence-corrected chi connectivity index (χ3v) is 6.59. The van der Waals surface area contributed by atoms with Crippen LogP contribution >= 0.6 is 34.5 Å². The largest absolute Gasteiger partial charge is 0.326 e. The minimum absolute atomic E-state index is 0.0979. The fourth-order valence-corrected chi connectivity index (χ4v) is 4.94. The van der Waals surface area contributed by atoms with Crippen molar-refractivity contribution in [3.05, 3.63) is 54.9 Å². The van der Waals surface area contributed by atoms with Crippen molar-refractivity contribution in [2.45, 2.75) is 38.5 Å². The Balaban J connectivity index is 1.48. The summed E-state index contributed by atoms with van der Waals surface area (Å²) in [7, 11) is 0. The summed E-state index contributed by atoms with van der Waals surface area (Å²) in [4.78, 5) is 34.2. The SMILES string of the molecule is O=C(CCc1nc2sc3c(c2c(=O)[nH]1)CCCC3)Nc1ccc(Cl)c(Cl)c1. The third kappa shape index (κ3) is 3.88. The molecule has 5 nitrogen and oxygen atoms in total. The first-order chi connectivity index (χ1) is 13.0. The van der Waals surface area contributed by atoms with Crippen LogP contribution in [-0.2, 0) is 24.1 Å². The molecule has 0 unspecified atom stereocenters. The Hall–Kier alpha value is -1.89. The number of thiophene rings is 1. The molecule has 27 heavy (non-hydrogen) atoms. The van der Waals surface area contributed by atoms with E-state index in [1.165, 1.54) is 16.9 Å². The first-order valence-corrected chi connectivity index (χ1v) is 10.4. The van der Waals surface area contributed by atoms with Gasteiger partial charge < -0.3 is 10.3 Å². The molecular formula is C19H17Cl2N3O2S. The van der Waals surface area contributed by atoms with E-state index in [0.717, 1.165) is 29.5 Å². The molecule has 1 aromatic carbocycles. The van der Waals surface area contributed by atoms with Gasteiger partial charge in [0.25, 0.3) is 5.56 Å². The van der Waals surface area contributed by atoms with E-state index in [-0.39, 0.29) is 17.9 Å². The lowest BCUT2D eigenvalue weighted by Crippen LogP contribution is -2.16. The van der Waals surface area contributed by atoms with Gasteiger partial charge in [0.05, 0.1) is 15.4 Å². The molecule has 2 N–H and O–H groups in total. The average Bonchev–Trinajstić information content (AvgIpc) is 3.02. The molecule has 0 bridgehead atoms. The van der Waals surface area contributed by atoms with Crippen LogP contribution in [0.5, 0.6) is 0 Å². The van der Waals surface area contributed by atoms with Crippen LogP contribution in [0.3, 0.4) is 0 Å². The number of rotatable bonds is 4. The Bertz CT molecular complexity index is 1090. The lowest BCUT2D eigenvalue weighted by atomic mass is 9.97. The van der Waals surface area contributed by atoms with Crippen LogP contribution in [0.4, 0.5) is 5.69 Å². The summed E-state index contributed by atoms with van der Waals surface area (Å²) >= 11 is 13.4. The number of fused-ring (bicyclic) bond motifs is 3. The van der Waals surface area contributed by atoms with E-state index in [0.29, 0.717) is 28.0 Å². The van der Waals surface area contributed by atoms with Gasteiger partial charge in [0.1, 0.15) is 10.7 Å². The van der Waals surface area contributed by atoms with Gasteiger partial charge in [0, 0.05) is 23.4 Å². The summed E-state index contributed by atoms with van der Waals surface area (Å²) in [5.74, 6) is 0.358. The van der Waals surface area contributed by atoms with Gasteiger partial charge in [-0.15, -0.1) is 11.3 Å². The number of amides is 1. The number of halogens is 2. The van der Waals surface area contributed by atoms with Crippen molar-refractivity contribution in [2.75, 3.05) is 5.32 Å². The molecule has 140 valence electrons. The highest BCUT2D eigenvalue weighted by molar-refractivity contribution is 7.18. The molecule has 3 aromatic rings. The highest BCUT2D eigenvalue weighted by Gasteiger charge is 2.19. The zero-order valence-electron chi connectivity index (χ0n) is 14.4. The lowest BCUT2D eigenvalue weighted by molar-refractivity contribution is -0.116. The molecule has 8 heteroatoms. The van der Waals surface area contributed by atoms with Gasteiger partial charge in [-0.1, -0.05) is 23.2 Å². The number of nitrogens with zero attached hydrogens (tertiary/aromatic N) is 1. The van der Waals surface area contributed by atoms with Crippen LogP contribution in [0.25, 0.3) is 10.2 Å². The maximum absolute atomic E-state index is 12.5. The zero-order valence-corrected chi connectivity index (χ0v) is 16.7. The van der Waals surface area contributed by atoms with Gasteiger partial charge in [-0.3, -0.25) is 9.59 Å². The van der Waals surface area contributed by atoms with Crippen LogP contribution in [-0.4, -0.2) is 15.9 Å². The molecule has 4 rings (SSSR count). The standard InChI is InChI=1S/C19H17Cl2N3O2S/c20-12-6-5-10(9-13(12)21)22-16(25)8-7-15-23-18(26)17-11-3-1-2-4-14(11)27-19(17)24-15/h5-6,9H,1-4,7-8H2,(H,22,25)(H,23,24,26). The molecule has 0 spiro atoms. The summed E-state index contributed by atoms with van der Waals surface area (Å²) in [6.07, 6.45) is 4.83. The molecule has 0 fully saturated rings. The van der Waals surface area contributed by atoms with Crippen molar-refractivity contribution in [2.24, 2.45) is 0 Å². The summed E-state index contributed by atoms with van der Waals surface area (Å²) in [6.45, 7) is 0. The number of aromatic nitrogens is 2. The van der Waals surface area contributed by atoms with E-state index in [1.807, 2.05) is 0 Å². The van der Waals surface area contributed by atoms with Crippen molar-refractivity contribution in [3.63, 3.8) is 0 Å². The van der Waals surface area contributed by atoms with E-state index in [9.17, 15) is 9.59 Å². The Labute approximate surface area is 169 Å². The van der Waals surface area contributed by atoms with Crippen molar-refractivity contribution in [1.29, 1.82) is 0 Å². The molecule has 0 atom stereocenters. The van der Waals surface area contributed by atoms with E-state index >= 15 is 0 Å². The third-order valence-electron chi connectivity index (χ3n) is 4.67. The molecule has 0 saturated heterocycles. The second kappa shape index (κ2) is 7.62. The number of nitrogens with one attached hydrogen (secondary N) is 2. The summed E-state index contributed by atoms with van der Waals surface area (Å²) < 4.78 is 0. The second-order valence-electron chi connectivity index (χ2n) is 6.58. The van der Waals surface area contributed by atoms with Gasteiger partial charge in [0.15, 0.2) is 0 Å². The van der Waals surface area contributed by atoms with Crippen molar-refractivity contribution < 1.29 is 4.79 Å². The minimum Gasteiger partial charge on any atom is -0.326 e. The number of anilines is 1. The number of carbonyl (C=O) groups excluding carboxylic acids is 1. The Morgan fingerprint density at radius 1 is 1.22 bits per heavy atom. The van der Waals surface area contributed by atoms with Gasteiger partial charge in [0.2, 0.25) is 5.91 Å². The fraction of sp³-hybridized carbons (Fsp3) is 0.316. The molecule has 2 heterocycles. The van der Waals surface area contributed by atoms with Crippen LogP contribution < -0.4 is 10.9 Å². The number of aromatic amines is 1. The molecule has 0 aliphatic heterocycles. The highest BCUT2D eigenvalue weighted by Crippen LogP contribution is 2.33. The van der Waals surface area contributed by atoms with E-state index < -0.39 is 0 Å². The predicted molar refractivity (Wildman–Crippen MR) is 110 cm³/mol. The molecule has 1 aliphatic carbocycles. The Morgan fingerprint density at radius 2 is 2.04 bits per heavy atom. The topological polar surface area (TPSA) is 74.8 Å². The van der Waals surface area contributed by atoms with Gasteiger partial charge >= 0.3 is 0 Å². The van der Waals surface area contributed by atoms with Crippen LogP contribution in [0, 0.1) is 0 Å². The Morgan fingerprint density at radius 3 is 2.85 bits per heavy atom. The van der Waals surface area contributed by atoms with E-state index in [4.69, 9.17) is 23.2 Å². The van der Waals surface area contributed by atoms with Gasteiger partial charge in [-0.2, -0.15) is 0 Å². The smallest absolute Gasteiger partial charge is 0.259 e. The average molecular weight is 422 g/mol. The van der Waals surface area contributed by atoms with Crippen LogP contribution in [0.15, 0.2) is 23.0 Å². The van der Waals surface area contributed by atoms with Crippen molar-refractivity contribution >= 4 is 56.3 Å². The van der Waals surface area contributed by atoms with Gasteiger partial charge in [-0.25, -0.2) is 4.98 Å².